The molecule has 0 radical (unpaired) electrons. The zero-order valence-corrected chi connectivity index (χ0v) is 13.7. The molecule has 2 aromatic rings. The van der Waals surface area contributed by atoms with Crippen molar-refractivity contribution in [3.63, 3.8) is 0 Å². The molecule has 0 saturated carbocycles. The molecule has 4 nitrogen and oxygen atoms in total. The zero-order valence-electron chi connectivity index (χ0n) is 13.7. The highest BCUT2D eigenvalue weighted by Gasteiger charge is 2.21. The third-order valence-electron chi connectivity index (χ3n) is 4.17. The number of nitrogens with zero attached hydrogens (tertiary/aromatic N) is 2. The van der Waals surface area contributed by atoms with E-state index in [-0.39, 0.29) is 0 Å². The Labute approximate surface area is 132 Å². The number of rotatable bonds is 5. The minimum absolute atomic E-state index is 0.540. The number of hydrogen-bond donors (Lipinski definition) is 1. The molecule has 1 aromatic heterocycles. The SMILES string of the molecule is CCN1CCc2[nH]nc(-c3ccc(OCC(C)C)cc3)c2C1. The molecule has 0 spiro atoms. The van der Waals surface area contributed by atoms with Gasteiger partial charge in [-0.25, -0.2) is 0 Å². The van der Waals surface area contributed by atoms with Crippen LogP contribution in [0.1, 0.15) is 32.0 Å². The van der Waals surface area contributed by atoms with Gasteiger partial charge in [-0.2, -0.15) is 5.10 Å². The Kier molecular flexibility index (Phi) is 4.48. The number of hydrogen-bond acceptors (Lipinski definition) is 3. The first-order chi connectivity index (χ1) is 10.7. The standard InChI is InChI=1S/C18H25N3O/c1-4-21-10-9-17-16(11-21)18(20-19-17)14-5-7-15(8-6-14)22-12-13(2)3/h5-8,13H,4,9-12H2,1-3H3,(H,19,20). The number of fused-ring (bicyclic) bond motifs is 1. The Morgan fingerprint density at radius 2 is 2.05 bits per heavy atom. The average Bonchev–Trinajstić information content (AvgIpc) is 2.96. The molecule has 4 heteroatoms. The van der Waals surface area contributed by atoms with Crippen LogP contribution in [0.5, 0.6) is 5.75 Å². The van der Waals surface area contributed by atoms with Gasteiger partial charge in [0.2, 0.25) is 0 Å². The lowest BCUT2D eigenvalue weighted by Gasteiger charge is -2.25. The van der Waals surface area contributed by atoms with Crippen LogP contribution in [0.25, 0.3) is 11.3 Å². The van der Waals surface area contributed by atoms with Crippen LogP contribution in [0, 0.1) is 5.92 Å². The molecule has 0 atom stereocenters. The summed E-state index contributed by atoms with van der Waals surface area (Å²) in [6.07, 6.45) is 1.06. The van der Waals surface area contributed by atoms with E-state index in [1.807, 2.05) is 12.1 Å². The van der Waals surface area contributed by atoms with Crippen LogP contribution in [-0.2, 0) is 13.0 Å². The Morgan fingerprint density at radius 1 is 1.27 bits per heavy atom. The van der Waals surface area contributed by atoms with E-state index in [1.165, 1.54) is 11.3 Å². The quantitative estimate of drug-likeness (QED) is 0.919. The molecule has 0 aliphatic carbocycles. The molecule has 3 rings (SSSR count). The summed E-state index contributed by atoms with van der Waals surface area (Å²) in [4.78, 5) is 2.46. The fraction of sp³-hybridized carbons (Fsp3) is 0.500. The van der Waals surface area contributed by atoms with Crippen LogP contribution in [0.15, 0.2) is 24.3 Å². The second-order valence-corrected chi connectivity index (χ2v) is 6.38. The van der Waals surface area contributed by atoms with Crippen molar-refractivity contribution in [2.45, 2.75) is 33.7 Å². The van der Waals surface area contributed by atoms with Crippen molar-refractivity contribution in [1.82, 2.24) is 15.1 Å². The van der Waals surface area contributed by atoms with Crippen LogP contribution in [0.3, 0.4) is 0 Å². The number of likely N-dealkylation sites (N-methyl/N-ethyl adjacent to an activating group) is 1. The van der Waals surface area contributed by atoms with E-state index in [1.54, 1.807) is 0 Å². The van der Waals surface area contributed by atoms with Gasteiger partial charge in [0.25, 0.3) is 0 Å². The van der Waals surface area contributed by atoms with Crippen molar-refractivity contribution in [1.29, 1.82) is 0 Å². The van der Waals surface area contributed by atoms with Gasteiger partial charge in [-0.05, 0) is 36.7 Å². The van der Waals surface area contributed by atoms with Gasteiger partial charge in [-0.15, -0.1) is 0 Å². The molecule has 2 heterocycles. The maximum atomic E-state index is 5.75. The van der Waals surface area contributed by atoms with Gasteiger partial charge in [0.05, 0.1) is 12.3 Å². The van der Waals surface area contributed by atoms with Gasteiger partial charge in [0.15, 0.2) is 0 Å². The second-order valence-electron chi connectivity index (χ2n) is 6.38. The minimum Gasteiger partial charge on any atom is -0.493 e. The zero-order chi connectivity index (χ0) is 15.5. The lowest BCUT2D eigenvalue weighted by atomic mass is 10.0. The predicted octanol–water partition coefficient (Wildman–Crippen LogP) is 3.49. The largest absolute Gasteiger partial charge is 0.493 e. The summed E-state index contributed by atoms with van der Waals surface area (Å²) in [6.45, 7) is 10.5. The molecular formula is C18H25N3O. The highest BCUT2D eigenvalue weighted by atomic mass is 16.5. The second kappa shape index (κ2) is 6.53. The fourth-order valence-corrected chi connectivity index (χ4v) is 2.83. The third kappa shape index (κ3) is 3.17. The summed E-state index contributed by atoms with van der Waals surface area (Å²) in [5, 5.41) is 7.76. The molecule has 0 saturated heterocycles. The normalized spacial score (nSPS) is 15.1. The summed E-state index contributed by atoms with van der Waals surface area (Å²) in [5.41, 5.74) is 4.89. The number of benzene rings is 1. The number of aromatic amines is 1. The van der Waals surface area contributed by atoms with Gasteiger partial charge in [-0.1, -0.05) is 20.8 Å². The summed E-state index contributed by atoms with van der Waals surface area (Å²) >= 11 is 0. The predicted molar refractivity (Wildman–Crippen MR) is 89.0 cm³/mol. The fourth-order valence-electron chi connectivity index (χ4n) is 2.83. The topological polar surface area (TPSA) is 41.2 Å². The van der Waals surface area contributed by atoms with E-state index in [9.17, 15) is 0 Å². The molecule has 1 aliphatic rings. The van der Waals surface area contributed by atoms with Crippen molar-refractivity contribution in [2.75, 3.05) is 19.7 Å². The molecule has 0 bridgehead atoms. The van der Waals surface area contributed by atoms with Crippen molar-refractivity contribution < 1.29 is 4.74 Å². The third-order valence-corrected chi connectivity index (χ3v) is 4.17. The number of ether oxygens (including phenoxy) is 1. The van der Waals surface area contributed by atoms with Crippen LogP contribution >= 0.6 is 0 Å². The van der Waals surface area contributed by atoms with Gasteiger partial charge in [0, 0.05) is 36.3 Å². The van der Waals surface area contributed by atoms with E-state index >= 15 is 0 Å². The number of aromatic nitrogens is 2. The van der Waals surface area contributed by atoms with Crippen LogP contribution < -0.4 is 4.74 Å². The monoisotopic (exact) mass is 299 g/mol. The maximum Gasteiger partial charge on any atom is 0.119 e. The molecule has 0 unspecified atom stereocenters. The van der Waals surface area contributed by atoms with E-state index in [0.29, 0.717) is 5.92 Å². The van der Waals surface area contributed by atoms with Crippen molar-refractivity contribution in [3.8, 4) is 17.0 Å². The summed E-state index contributed by atoms with van der Waals surface area (Å²) in [6, 6.07) is 8.30. The highest BCUT2D eigenvalue weighted by molar-refractivity contribution is 5.65. The average molecular weight is 299 g/mol. The van der Waals surface area contributed by atoms with Crippen LogP contribution in [0.4, 0.5) is 0 Å². The van der Waals surface area contributed by atoms with E-state index in [0.717, 1.165) is 49.7 Å². The lowest BCUT2D eigenvalue weighted by Crippen LogP contribution is -2.30. The van der Waals surface area contributed by atoms with Gasteiger partial charge in [0.1, 0.15) is 5.75 Å². The first-order valence-corrected chi connectivity index (χ1v) is 8.19. The molecule has 1 aliphatic heterocycles. The molecule has 1 aromatic carbocycles. The molecule has 0 fully saturated rings. The Morgan fingerprint density at radius 3 is 2.73 bits per heavy atom. The lowest BCUT2D eigenvalue weighted by molar-refractivity contribution is 0.267. The smallest absolute Gasteiger partial charge is 0.119 e. The van der Waals surface area contributed by atoms with Gasteiger partial charge < -0.3 is 4.74 Å². The molecule has 0 amide bonds. The first-order valence-electron chi connectivity index (χ1n) is 8.19. The van der Waals surface area contributed by atoms with Crippen LogP contribution in [0.2, 0.25) is 0 Å². The van der Waals surface area contributed by atoms with Gasteiger partial charge in [-0.3, -0.25) is 10.00 Å². The van der Waals surface area contributed by atoms with Crippen molar-refractivity contribution in [2.24, 2.45) is 5.92 Å². The van der Waals surface area contributed by atoms with E-state index < -0.39 is 0 Å². The number of nitrogens with one attached hydrogen (secondary N) is 1. The Balaban J connectivity index is 1.79. The molecule has 22 heavy (non-hydrogen) atoms. The Bertz CT molecular complexity index is 616. The first kappa shape index (κ1) is 15.1. The summed E-state index contributed by atoms with van der Waals surface area (Å²) in [7, 11) is 0. The van der Waals surface area contributed by atoms with E-state index in [2.05, 4.69) is 48.0 Å². The molecule has 118 valence electrons. The van der Waals surface area contributed by atoms with Gasteiger partial charge >= 0.3 is 0 Å². The maximum absolute atomic E-state index is 5.75. The van der Waals surface area contributed by atoms with Crippen molar-refractivity contribution >= 4 is 0 Å². The highest BCUT2D eigenvalue weighted by Crippen LogP contribution is 2.29. The van der Waals surface area contributed by atoms with E-state index in [4.69, 9.17) is 4.74 Å². The summed E-state index contributed by atoms with van der Waals surface area (Å²) < 4.78 is 5.75. The summed E-state index contributed by atoms with van der Waals surface area (Å²) in [5.74, 6) is 1.47. The van der Waals surface area contributed by atoms with Crippen molar-refractivity contribution in [3.05, 3.63) is 35.5 Å². The number of H-pyrrole nitrogens is 1. The van der Waals surface area contributed by atoms with Crippen LogP contribution in [-0.4, -0.2) is 34.8 Å². The minimum atomic E-state index is 0.540. The Hall–Kier alpha value is -1.81. The molecule has 1 N–H and O–H groups in total. The molecular weight excluding hydrogens is 274 g/mol.